The van der Waals surface area contributed by atoms with Crippen LogP contribution in [0.2, 0.25) is 0 Å². The van der Waals surface area contributed by atoms with Crippen molar-refractivity contribution < 1.29 is 14.3 Å². The molecule has 27 heavy (non-hydrogen) atoms. The fourth-order valence-electron chi connectivity index (χ4n) is 3.29. The van der Waals surface area contributed by atoms with Gasteiger partial charge < -0.3 is 10.1 Å². The van der Waals surface area contributed by atoms with Crippen LogP contribution in [-0.4, -0.2) is 24.0 Å². The van der Waals surface area contributed by atoms with Gasteiger partial charge in [0.15, 0.2) is 5.54 Å². The molecule has 0 fully saturated rings. The van der Waals surface area contributed by atoms with E-state index in [1.807, 2.05) is 62.4 Å². The van der Waals surface area contributed by atoms with Crippen molar-refractivity contribution >= 4 is 23.3 Å². The Hall–Kier alpha value is -3.08. The number of carbonyl (C=O) groups is 2. The third-order valence-corrected chi connectivity index (χ3v) is 4.78. The van der Waals surface area contributed by atoms with Gasteiger partial charge in [0.2, 0.25) is 0 Å². The van der Waals surface area contributed by atoms with Gasteiger partial charge in [0.05, 0.1) is 6.61 Å². The average molecular weight is 364 g/mol. The van der Waals surface area contributed by atoms with E-state index in [2.05, 4.69) is 5.32 Å². The van der Waals surface area contributed by atoms with E-state index in [-0.39, 0.29) is 12.5 Å². The molecule has 0 aliphatic carbocycles. The van der Waals surface area contributed by atoms with Gasteiger partial charge in [-0.15, -0.1) is 0 Å². The van der Waals surface area contributed by atoms with E-state index in [0.717, 1.165) is 16.8 Å². The lowest BCUT2D eigenvalue weighted by Crippen LogP contribution is -2.51. The van der Waals surface area contributed by atoms with Crippen LogP contribution in [0.5, 0.6) is 0 Å². The highest BCUT2D eigenvalue weighted by molar-refractivity contribution is 6.17. The Morgan fingerprint density at radius 3 is 2.33 bits per heavy atom. The van der Waals surface area contributed by atoms with Gasteiger partial charge in [-0.25, -0.2) is 4.79 Å². The zero-order valence-corrected chi connectivity index (χ0v) is 16.1. The number of amides is 1. The SMILES string of the molecule is CCOC(=O)C1(C)C=C(Nc2ccccc2C)C(=O)N1c1ccccc1C. The molecule has 1 amide bonds. The molecule has 1 aliphatic heterocycles. The van der Waals surface area contributed by atoms with E-state index in [4.69, 9.17) is 4.74 Å². The summed E-state index contributed by atoms with van der Waals surface area (Å²) < 4.78 is 5.29. The number of benzene rings is 2. The second-order valence-corrected chi connectivity index (χ2v) is 6.79. The molecule has 0 spiro atoms. The Balaban J connectivity index is 2.06. The number of nitrogens with one attached hydrogen (secondary N) is 1. The highest BCUT2D eigenvalue weighted by Gasteiger charge is 2.49. The van der Waals surface area contributed by atoms with Crippen molar-refractivity contribution in [2.24, 2.45) is 0 Å². The maximum Gasteiger partial charge on any atom is 0.336 e. The smallest absolute Gasteiger partial charge is 0.336 e. The molecule has 1 heterocycles. The van der Waals surface area contributed by atoms with Gasteiger partial charge in [0.1, 0.15) is 5.70 Å². The van der Waals surface area contributed by atoms with Crippen LogP contribution in [0.4, 0.5) is 11.4 Å². The molecule has 0 bridgehead atoms. The number of nitrogens with zero attached hydrogens (tertiary/aromatic N) is 1. The molecule has 140 valence electrons. The van der Waals surface area contributed by atoms with E-state index >= 15 is 0 Å². The summed E-state index contributed by atoms with van der Waals surface area (Å²) in [6.45, 7) is 7.60. The van der Waals surface area contributed by atoms with Crippen molar-refractivity contribution in [2.75, 3.05) is 16.8 Å². The van der Waals surface area contributed by atoms with Crippen LogP contribution in [0.15, 0.2) is 60.3 Å². The van der Waals surface area contributed by atoms with Gasteiger partial charge in [-0.1, -0.05) is 36.4 Å². The molecule has 0 saturated carbocycles. The number of hydrogen-bond acceptors (Lipinski definition) is 4. The molecular weight excluding hydrogens is 340 g/mol. The first kappa shape index (κ1) is 18.7. The van der Waals surface area contributed by atoms with E-state index in [0.29, 0.717) is 11.4 Å². The normalized spacial score (nSPS) is 19.0. The second kappa shape index (κ2) is 7.27. The molecule has 1 N–H and O–H groups in total. The molecule has 1 aliphatic rings. The number of aryl methyl sites for hydroxylation is 2. The lowest BCUT2D eigenvalue weighted by molar-refractivity contribution is -0.147. The number of anilines is 2. The summed E-state index contributed by atoms with van der Waals surface area (Å²) in [5.74, 6) is -0.716. The standard InChI is InChI=1S/C22H24N2O3/c1-5-27-21(26)22(4)14-18(23-17-12-8-6-10-15(17)2)20(25)24(22)19-13-9-7-11-16(19)3/h6-14,23H,5H2,1-4H3. The minimum absolute atomic E-state index is 0.249. The van der Waals surface area contributed by atoms with Gasteiger partial charge in [0.25, 0.3) is 5.91 Å². The van der Waals surface area contributed by atoms with E-state index in [1.165, 1.54) is 4.90 Å². The summed E-state index contributed by atoms with van der Waals surface area (Å²) >= 11 is 0. The first-order valence-corrected chi connectivity index (χ1v) is 9.01. The van der Waals surface area contributed by atoms with Crippen molar-refractivity contribution in [3.63, 3.8) is 0 Å². The molecule has 2 aromatic rings. The highest BCUT2D eigenvalue weighted by Crippen LogP contribution is 2.37. The van der Waals surface area contributed by atoms with Crippen molar-refractivity contribution in [3.05, 3.63) is 71.4 Å². The maximum atomic E-state index is 13.3. The average Bonchev–Trinajstić information content (AvgIpc) is 2.89. The van der Waals surface area contributed by atoms with Crippen LogP contribution >= 0.6 is 0 Å². The van der Waals surface area contributed by atoms with Crippen LogP contribution < -0.4 is 10.2 Å². The van der Waals surface area contributed by atoms with E-state index in [1.54, 1.807) is 19.9 Å². The fraction of sp³-hybridized carbons (Fsp3) is 0.273. The van der Waals surface area contributed by atoms with Crippen molar-refractivity contribution in [3.8, 4) is 0 Å². The first-order chi connectivity index (χ1) is 12.9. The summed E-state index contributed by atoms with van der Waals surface area (Å²) in [7, 11) is 0. The quantitative estimate of drug-likeness (QED) is 0.816. The first-order valence-electron chi connectivity index (χ1n) is 9.01. The highest BCUT2D eigenvalue weighted by atomic mass is 16.5. The van der Waals surface area contributed by atoms with E-state index in [9.17, 15) is 9.59 Å². The molecule has 1 unspecified atom stereocenters. The van der Waals surface area contributed by atoms with Crippen LogP contribution in [-0.2, 0) is 14.3 Å². The van der Waals surface area contributed by atoms with Crippen LogP contribution in [0.1, 0.15) is 25.0 Å². The van der Waals surface area contributed by atoms with Crippen molar-refractivity contribution in [2.45, 2.75) is 33.2 Å². The second-order valence-electron chi connectivity index (χ2n) is 6.79. The molecule has 0 aromatic heterocycles. The minimum atomic E-state index is -1.22. The molecule has 3 rings (SSSR count). The predicted molar refractivity (Wildman–Crippen MR) is 107 cm³/mol. The molecular formula is C22H24N2O3. The van der Waals surface area contributed by atoms with E-state index < -0.39 is 11.5 Å². The summed E-state index contributed by atoms with van der Waals surface area (Å²) in [4.78, 5) is 27.6. The third kappa shape index (κ3) is 3.33. The number of esters is 1. The third-order valence-electron chi connectivity index (χ3n) is 4.78. The fourth-order valence-corrected chi connectivity index (χ4v) is 3.29. The zero-order valence-electron chi connectivity index (χ0n) is 16.1. The zero-order chi connectivity index (χ0) is 19.6. The topological polar surface area (TPSA) is 58.6 Å². The van der Waals surface area contributed by atoms with Crippen LogP contribution in [0.25, 0.3) is 0 Å². The lowest BCUT2D eigenvalue weighted by atomic mass is 10.0. The Kier molecular flexibility index (Phi) is 5.04. The molecule has 1 atom stereocenters. The summed E-state index contributed by atoms with van der Waals surface area (Å²) in [5.41, 5.74) is 2.59. The largest absolute Gasteiger partial charge is 0.464 e. The summed E-state index contributed by atoms with van der Waals surface area (Å²) in [6, 6.07) is 15.2. The summed E-state index contributed by atoms with van der Waals surface area (Å²) in [5, 5.41) is 3.19. The number of para-hydroxylation sites is 2. The lowest BCUT2D eigenvalue weighted by Gasteiger charge is -2.33. The summed E-state index contributed by atoms with van der Waals surface area (Å²) in [6.07, 6.45) is 1.66. The van der Waals surface area contributed by atoms with Gasteiger partial charge in [-0.2, -0.15) is 0 Å². The van der Waals surface area contributed by atoms with Crippen LogP contribution in [0.3, 0.4) is 0 Å². The van der Waals surface area contributed by atoms with Crippen molar-refractivity contribution in [1.82, 2.24) is 0 Å². The number of hydrogen-bond donors (Lipinski definition) is 1. The molecule has 5 nitrogen and oxygen atoms in total. The molecule has 5 heteroatoms. The van der Waals surface area contributed by atoms with Gasteiger partial charge >= 0.3 is 5.97 Å². The van der Waals surface area contributed by atoms with Gasteiger partial charge in [0, 0.05) is 11.4 Å². The monoisotopic (exact) mass is 364 g/mol. The molecule has 0 radical (unpaired) electrons. The maximum absolute atomic E-state index is 13.3. The Labute approximate surface area is 159 Å². The van der Waals surface area contributed by atoms with Crippen LogP contribution in [0, 0.1) is 13.8 Å². The molecule has 2 aromatic carbocycles. The Bertz CT molecular complexity index is 919. The van der Waals surface area contributed by atoms with Gasteiger partial charge in [-0.05, 0) is 57.0 Å². The Morgan fingerprint density at radius 2 is 1.70 bits per heavy atom. The molecule has 0 saturated heterocycles. The minimum Gasteiger partial charge on any atom is -0.464 e. The van der Waals surface area contributed by atoms with Crippen molar-refractivity contribution in [1.29, 1.82) is 0 Å². The number of rotatable bonds is 5. The number of carbonyl (C=O) groups excluding carboxylic acids is 2. The Morgan fingerprint density at radius 1 is 1.07 bits per heavy atom. The number of ether oxygens (including phenoxy) is 1. The van der Waals surface area contributed by atoms with Gasteiger partial charge in [-0.3, -0.25) is 9.69 Å². The predicted octanol–water partition coefficient (Wildman–Crippen LogP) is 3.97.